The first-order valence-corrected chi connectivity index (χ1v) is 9.46. The summed E-state index contributed by atoms with van der Waals surface area (Å²) in [6.07, 6.45) is 1.49. The van der Waals surface area contributed by atoms with E-state index in [-0.39, 0.29) is 12.0 Å². The molecule has 0 aliphatic carbocycles. The number of esters is 1. The summed E-state index contributed by atoms with van der Waals surface area (Å²) in [4.78, 5) is 17.0. The van der Waals surface area contributed by atoms with Gasteiger partial charge in [-0.25, -0.2) is 9.48 Å². The van der Waals surface area contributed by atoms with E-state index in [0.29, 0.717) is 18.1 Å². The minimum atomic E-state index is -0.343. The second-order valence-corrected chi connectivity index (χ2v) is 7.24. The van der Waals surface area contributed by atoms with E-state index in [4.69, 9.17) is 4.74 Å². The van der Waals surface area contributed by atoms with Crippen LogP contribution in [0.15, 0.2) is 41.9 Å². The zero-order chi connectivity index (χ0) is 17.8. The number of nitrogens with one attached hydrogen (secondary N) is 1. The summed E-state index contributed by atoms with van der Waals surface area (Å²) >= 11 is 1.75. The molecule has 0 saturated heterocycles. The van der Waals surface area contributed by atoms with Crippen LogP contribution < -0.4 is 5.32 Å². The van der Waals surface area contributed by atoms with Crippen LogP contribution in [-0.2, 0) is 9.53 Å². The van der Waals surface area contributed by atoms with Gasteiger partial charge in [-0.2, -0.15) is 21.8 Å². The predicted octanol–water partition coefficient (Wildman–Crippen LogP) is 3.17. The second kappa shape index (κ2) is 7.74. The van der Waals surface area contributed by atoms with Crippen molar-refractivity contribution in [1.29, 1.82) is 0 Å². The van der Waals surface area contributed by atoms with Crippen LogP contribution in [0.1, 0.15) is 31.0 Å². The number of hydrogen-bond acceptors (Lipinski definition) is 6. The Morgan fingerprint density at radius 2 is 2.24 bits per heavy atom. The molecule has 1 aromatic carbocycles. The molecule has 0 radical (unpaired) electrons. The molecule has 0 amide bonds. The smallest absolute Gasteiger partial charge is 0.338 e. The van der Waals surface area contributed by atoms with E-state index < -0.39 is 0 Å². The first-order valence-electron chi connectivity index (χ1n) is 8.30. The number of fused-ring (bicyclic) bond motifs is 1. The number of aryl methyl sites for hydroxylation is 1. The third kappa shape index (κ3) is 3.71. The molecule has 3 rings (SSSR count). The van der Waals surface area contributed by atoms with E-state index >= 15 is 0 Å². The minimum absolute atomic E-state index is 0.311. The number of anilines is 1. The molecule has 0 saturated carbocycles. The highest BCUT2D eigenvalue weighted by Gasteiger charge is 2.34. The number of benzene rings is 1. The largest absolute Gasteiger partial charge is 0.461 e. The minimum Gasteiger partial charge on any atom is -0.461 e. The highest BCUT2D eigenvalue weighted by atomic mass is 32.2. The Hall–Kier alpha value is -2.28. The van der Waals surface area contributed by atoms with E-state index in [2.05, 4.69) is 28.4 Å². The molecule has 1 aromatic heterocycles. The van der Waals surface area contributed by atoms with E-state index in [1.165, 1.54) is 6.33 Å². The summed E-state index contributed by atoms with van der Waals surface area (Å²) in [6, 6.07) is 7.74. The number of ether oxygens (including phenoxy) is 1. The average Bonchev–Trinajstić information content (AvgIpc) is 3.05. The Labute approximate surface area is 151 Å². The van der Waals surface area contributed by atoms with Crippen molar-refractivity contribution in [1.82, 2.24) is 14.8 Å². The van der Waals surface area contributed by atoms with Crippen LogP contribution in [0.3, 0.4) is 0 Å². The fourth-order valence-corrected chi connectivity index (χ4v) is 3.41. The van der Waals surface area contributed by atoms with Gasteiger partial charge in [0.15, 0.2) is 0 Å². The zero-order valence-electron chi connectivity index (χ0n) is 14.7. The highest BCUT2D eigenvalue weighted by molar-refractivity contribution is 7.99. The van der Waals surface area contributed by atoms with Crippen LogP contribution in [0.4, 0.5) is 5.95 Å². The number of carbonyl (C=O) groups excluding carboxylic acids is 1. The van der Waals surface area contributed by atoms with Crippen molar-refractivity contribution in [3.8, 4) is 0 Å². The number of allylic oxidation sites excluding steroid dienone is 1. The lowest BCUT2D eigenvalue weighted by atomic mass is 9.95. The van der Waals surface area contributed by atoms with Crippen molar-refractivity contribution >= 4 is 23.7 Å². The zero-order valence-corrected chi connectivity index (χ0v) is 15.5. The summed E-state index contributed by atoms with van der Waals surface area (Å²) in [7, 11) is 0. The molecule has 132 valence electrons. The molecule has 1 aliphatic heterocycles. The molecule has 25 heavy (non-hydrogen) atoms. The second-order valence-electron chi connectivity index (χ2n) is 5.84. The van der Waals surface area contributed by atoms with Crippen LogP contribution in [0.2, 0.25) is 0 Å². The Morgan fingerprint density at radius 3 is 3.00 bits per heavy atom. The maximum absolute atomic E-state index is 12.8. The van der Waals surface area contributed by atoms with Crippen molar-refractivity contribution in [2.45, 2.75) is 26.8 Å². The molecule has 0 bridgehead atoms. The van der Waals surface area contributed by atoms with Gasteiger partial charge in [-0.3, -0.25) is 0 Å². The van der Waals surface area contributed by atoms with Gasteiger partial charge in [0.05, 0.1) is 5.57 Å². The van der Waals surface area contributed by atoms with E-state index in [9.17, 15) is 4.79 Å². The first kappa shape index (κ1) is 17.5. The highest BCUT2D eigenvalue weighted by Crippen LogP contribution is 2.35. The number of hydrogen-bond donors (Lipinski definition) is 1. The third-order valence-corrected chi connectivity index (χ3v) is 4.90. The molecule has 1 atom stereocenters. The summed E-state index contributed by atoms with van der Waals surface area (Å²) < 4.78 is 7.24. The van der Waals surface area contributed by atoms with Crippen molar-refractivity contribution in [3.63, 3.8) is 0 Å². The van der Waals surface area contributed by atoms with E-state index in [1.807, 2.05) is 32.0 Å². The quantitative estimate of drug-likeness (QED) is 0.632. The maximum atomic E-state index is 12.8. The van der Waals surface area contributed by atoms with Crippen molar-refractivity contribution < 1.29 is 9.53 Å². The summed E-state index contributed by atoms with van der Waals surface area (Å²) in [5.41, 5.74) is 3.44. The predicted molar refractivity (Wildman–Crippen MR) is 99.6 cm³/mol. The molecule has 1 aliphatic rings. The summed E-state index contributed by atoms with van der Waals surface area (Å²) in [6.45, 7) is 6.39. The maximum Gasteiger partial charge on any atom is 0.338 e. The average molecular weight is 358 g/mol. The van der Waals surface area contributed by atoms with Gasteiger partial charge in [0.25, 0.3) is 0 Å². The molecule has 6 nitrogen and oxygen atoms in total. The van der Waals surface area contributed by atoms with Gasteiger partial charge < -0.3 is 10.1 Å². The fraction of sp³-hybridized carbons (Fsp3) is 0.389. The number of thioether (sulfide) groups is 1. The van der Waals surface area contributed by atoms with Crippen LogP contribution in [0.5, 0.6) is 0 Å². The van der Waals surface area contributed by atoms with Crippen LogP contribution in [0, 0.1) is 6.92 Å². The van der Waals surface area contributed by atoms with Crippen LogP contribution in [0.25, 0.3) is 0 Å². The van der Waals surface area contributed by atoms with Gasteiger partial charge >= 0.3 is 5.97 Å². The van der Waals surface area contributed by atoms with Gasteiger partial charge in [-0.1, -0.05) is 36.8 Å². The SMILES string of the molecule is CCSCCOC(=O)C1=C(C)Nc2ncnn2C1c1cccc(C)c1. The molecule has 2 heterocycles. The third-order valence-electron chi connectivity index (χ3n) is 4.04. The van der Waals surface area contributed by atoms with Gasteiger partial charge in [0, 0.05) is 11.4 Å². The molecule has 7 heteroatoms. The molecular formula is C18H22N4O2S. The first-order chi connectivity index (χ1) is 12.1. The number of nitrogens with zero attached hydrogens (tertiary/aromatic N) is 3. The van der Waals surface area contributed by atoms with Crippen molar-refractivity contribution in [3.05, 3.63) is 53.0 Å². The lowest BCUT2D eigenvalue weighted by Crippen LogP contribution is -2.30. The molecule has 0 fully saturated rings. The normalized spacial score (nSPS) is 16.4. The van der Waals surface area contributed by atoms with Gasteiger partial charge in [-0.05, 0) is 25.2 Å². The summed E-state index contributed by atoms with van der Waals surface area (Å²) in [5, 5.41) is 7.47. The van der Waals surface area contributed by atoms with Gasteiger partial charge in [-0.15, -0.1) is 0 Å². The van der Waals surface area contributed by atoms with Crippen LogP contribution >= 0.6 is 11.8 Å². The number of carbonyl (C=O) groups is 1. The van der Waals surface area contributed by atoms with Gasteiger partial charge in [0.1, 0.15) is 19.0 Å². The van der Waals surface area contributed by atoms with E-state index in [0.717, 1.165) is 28.3 Å². The van der Waals surface area contributed by atoms with Crippen molar-refractivity contribution in [2.24, 2.45) is 0 Å². The van der Waals surface area contributed by atoms with E-state index in [1.54, 1.807) is 16.4 Å². The topological polar surface area (TPSA) is 69.0 Å². The number of rotatable bonds is 6. The molecule has 1 unspecified atom stereocenters. The molecule has 0 spiro atoms. The molecular weight excluding hydrogens is 336 g/mol. The molecule has 1 N–H and O–H groups in total. The Balaban J connectivity index is 1.94. The standard InChI is InChI=1S/C18H22N4O2S/c1-4-25-9-8-24-17(23)15-13(3)21-18-19-11-20-22(18)16(15)14-7-5-6-12(2)10-14/h5-7,10-11,16H,4,8-9H2,1-3H3,(H,19,20,21). The summed E-state index contributed by atoms with van der Waals surface area (Å²) in [5.74, 6) is 2.12. The lowest BCUT2D eigenvalue weighted by Gasteiger charge is -2.28. The van der Waals surface area contributed by atoms with Crippen LogP contribution in [-0.4, -0.2) is 38.8 Å². The number of aromatic nitrogens is 3. The monoisotopic (exact) mass is 358 g/mol. The Morgan fingerprint density at radius 1 is 1.40 bits per heavy atom. The molecule has 2 aromatic rings. The van der Waals surface area contributed by atoms with Gasteiger partial charge in [0.2, 0.25) is 5.95 Å². The Bertz CT molecular complexity index is 800. The fourth-order valence-electron chi connectivity index (χ4n) is 2.92. The Kier molecular flexibility index (Phi) is 5.43. The lowest BCUT2D eigenvalue weighted by molar-refractivity contribution is -0.138. The van der Waals surface area contributed by atoms with Crippen molar-refractivity contribution in [2.75, 3.05) is 23.4 Å².